The maximum Gasteiger partial charge on any atom is 0.224 e. The minimum Gasteiger partial charge on any atom is -0.343 e. The summed E-state index contributed by atoms with van der Waals surface area (Å²) in [7, 11) is 0. The van der Waals surface area contributed by atoms with E-state index in [1.807, 2.05) is 34.6 Å². The van der Waals surface area contributed by atoms with E-state index in [1.165, 1.54) is 5.56 Å². The monoisotopic (exact) mass is 316 g/mol. The molecule has 1 aromatic heterocycles. The number of rotatable bonds is 4. The van der Waals surface area contributed by atoms with Crippen LogP contribution in [0.25, 0.3) is 11.4 Å². The van der Waals surface area contributed by atoms with E-state index in [2.05, 4.69) is 16.3 Å². The third kappa shape index (κ3) is 3.11. The molecule has 2 heterocycles. The summed E-state index contributed by atoms with van der Waals surface area (Å²) in [5, 5.41) is 7.16. The number of nitrogens with one attached hydrogen (secondary N) is 1. The minimum atomic E-state index is 0.204. The molecule has 0 unspecified atom stereocenters. The summed E-state index contributed by atoms with van der Waals surface area (Å²) < 4.78 is 2.48. The highest BCUT2D eigenvalue weighted by molar-refractivity contribution is 7.71. The maximum absolute atomic E-state index is 12.2. The molecule has 0 saturated carbocycles. The molecule has 1 amide bonds. The molecule has 1 saturated heterocycles. The standard InChI is InChI=1S/C16H20N4OS/c1-12-5-4-6-13(11-12)15-17-18-16(22)20(15)10-7-14(21)19-8-2-3-9-19/h4-6,11H,2-3,7-10H2,1H3,(H,18,22). The average Bonchev–Trinajstić information content (AvgIpc) is 3.15. The molecular weight excluding hydrogens is 296 g/mol. The molecule has 5 nitrogen and oxygen atoms in total. The number of benzene rings is 1. The van der Waals surface area contributed by atoms with E-state index in [1.54, 1.807) is 0 Å². The Bertz CT molecular complexity index is 728. The van der Waals surface area contributed by atoms with Crippen LogP contribution in [-0.4, -0.2) is 38.7 Å². The second-order valence-electron chi connectivity index (χ2n) is 5.71. The third-order valence-electron chi connectivity index (χ3n) is 4.04. The van der Waals surface area contributed by atoms with Crippen molar-refractivity contribution in [3.05, 3.63) is 34.6 Å². The van der Waals surface area contributed by atoms with Crippen molar-refractivity contribution < 1.29 is 4.79 Å². The molecule has 1 aliphatic heterocycles. The van der Waals surface area contributed by atoms with E-state index >= 15 is 0 Å². The molecule has 1 fully saturated rings. The lowest BCUT2D eigenvalue weighted by Gasteiger charge is -2.15. The lowest BCUT2D eigenvalue weighted by molar-refractivity contribution is -0.130. The van der Waals surface area contributed by atoms with Crippen molar-refractivity contribution in [1.29, 1.82) is 0 Å². The smallest absolute Gasteiger partial charge is 0.224 e. The predicted molar refractivity (Wildman–Crippen MR) is 88.0 cm³/mol. The highest BCUT2D eigenvalue weighted by atomic mass is 32.1. The highest BCUT2D eigenvalue weighted by Gasteiger charge is 2.18. The minimum absolute atomic E-state index is 0.204. The molecule has 1 aromatic carbocycles. The van der Waals surface area contributed by atoms with Gasteiger partial charge in [-0.25, -0.2) is 0 Å². The van der Waals surface area contributed by atoms with Crippen molar-refractivity contribution in [3.8, 4) is 11.4 Å². The summed E-state index contributed by atoms with van der Waals surface area (Å²) in [5.74, 6) is 0.999. The normalized spacial score (nSPS) is 14.5. The largest absolute Gasteiger partial charge is 0.343 e. The lowest BCUT2D eigenvalue weighted by atomic mass is 10.1. The number of aromatic amines is 1. The number of carbonyl (C=O) groups is 1. The van der Waals surface area contributed by atoms with Gasteiger partial charge in [-0.2, -0.15) is 5.10 Å². The fourth-order valence-corrected chi connectivity index (χ4v) is 3.09. The number of amides is 1. The first-order valence-electron chi connectivity index (χ1n) is 7.65. The molecule has 0 aliphatic carbocycles. The van der Waals surface area contributed by atoms with Crippen LogP contribution in [0.1, 0.15) is 24.8 Å². The van der Waals surface area contributed by atoms with E-state index in [0.717, 1.165) is 37.3 Å². The first-order valence-corrected chi connectivity index (χ1v) is 8.06. The summed E-state index contributed by atoms with van der Waals surface area (Å²) in [4.78, 5) is 14.1. The maximum atomic E-state index is 12.2. The summed E-state index contributed by atoms with van der Waals surface area (Å²) >= 11 is 5.31. The van der Waals surface area contributed by atoms with Crippen LogP contribution < -0.4 is 0 Å². The Morgan fingerprint density at radius 3 is 2.86 bits per heavy atom. The summed E-state index contributed by atoms with van der Waals surface area (Å²) in [6.45, 7) is 4.39. The van der Waals surface area contributed by atoms with Gasteiger partial charge in [-0.15, -0.1) is 0 Å². The Balaban J connectivity index is 1.78. The predicted octanol–water partition coefficient (Wildman–Crippen LogP) is 2.93. The first-order chi connectivity index (χ1) is 10.6. The van der Waals surface area contributed by atoms with Gasteiger partial charge in [-0.1, -0.05) is 23.8 Å². The van der Waals surface area contributed by atoms with Crippen molar-refractivity contribution in [2.75, 3.05) is 13.1 Å². The molecule has 2 aromatic rings. The zero-order valence-electron chi connectivity index (χ0n) is 12.7. The van der Waals surface area contributed by atoms with Gasteiger partial charge in [0, 0.05) is 31.6 Å². The Morgan fingerprint density at radius 1 is 1.36 bits per heavy atom. The quantitative estimate of drug-likeness (QED) is 0.882. The number of nitrogens with zero attached hydrogens (tertiary/aromatic N) is 3. The number of aryl methyl sites for hydroxylation is 1. The van der Waals surface area contributed by atoms with Gasteiger partial charge in [0.1, 0.15) is 0 Å². The lowest BCUT2D eigenvalue weighted by Crippen LogP contribution is -2.28. The van der Waals surface area contributed by atoms with Crippen molar-refractivity contribution in [2.24, 2.45) is 0 Å². The molecular formula is C16H20N4OS. The second-order valence-corrected chi connectivity index (χ2v) is 6.10. The van der Waals surface area contributed by atoms with E-state index in [-0.39, 0.29) is 5.91 Å². The van der Waals surface area contributed by atoms with Gasteiger partial charge in [0.05, 0.1) is 0 Å². The van der Waals surface area contributed by atoms with Gasteiger partial charge in [0.25, 0.3) is 0 Å². The van der Waals surface area contributed by atoms with Crippen LogP contribution >= 0.6 is 12.2 Å². The van der Waals surface area contributed by atoms with Gasteiger partial charge in [0.15, 0.2) is 10.6 Å². The van der Waals surface area contributed by atoms with Crippen LogP contribution in [0.3, 0.4) is 0 Å². The number of hydrogen-bond donors (Lipinski definition) is 1. The third-order valence-corrected chi connectivity index (χ3v) is 4.35. The fraction of sp³-hybridized carbons (Fsp3) is 0.438. The van der Waals surface area contributed by atoms with Crippen LogP contribution in [0.5, 0.6) is 0 Å². The molecule has 1 N–H and O–H groups in total. The Labute approximate surface area is 135 Å². The summed E-state index contributed by atoms with van der Waals surface area (Å²) in [6, 6.07) is 8.13. The Hall–Kier alpha value is -1.95. The van der Waals surface area contributed by atoms with Crippen LogP contribution in [0, 0.1) is 11.7 Å². The molecule has 3 rings (SSSR count). The molecule has 0 spiro atoms. The molecule has 1 aliphatic rings. The first kappa shape index (κ1) is 15.0. The van der Waals surface area contributed by atoms with Gasteiger partial charge in [-0.3, -0.25) is 14.5 Å². The highest BCUT2D eigenvalue weighted by Crippen LogP contribution is 2.19. The second kappa shape index (κ2) is 6.44. The van der Waals surface area contributed by atoms with E-state index in [0.29, 0.717) is 17.7 Å². The number of hydrogen-bond acceptors (Lipinski definition) is 3. The van der Waals surface area contributed by atoms with Gasteiger partial charge in [0.2, 0.25) is 5.91 Å². The molecule has 116 valence electrons. The zero-order valence-corrected chi connectivity index (χ0v) is 13.5. The zero-order chi connectivity index (χ0) is 15.5. The van der Waals surface area contributed by atoms with Crippen LogP contribution in [-0.2, 0) is 11.3 Å². The number of carbonyl (C=O) groups excluding carboxylic acids is 1. The summed E-state index contributed by atoms with van der Waals surface area (Å²) in [6.07, 6.45) is 2.70. The number of H-pyrrole nitrogens is 1. The molecule has 0 atom stereocenters. The van der Waals surface area contributed by atoms with E-state index < -0.39 is 0 Å². The van der Waals surface area contributed by atoms with Crippen molar-refractivity contribution in [3.63, 3.8) is 0 Å². The molecule has 0 radical (unpaired) electrons. The van der Waals surface area contributed by atoms with Crippen molar-refractivity contribution in [1.82, 2.24) is 19.7 Å². The van der Waals surface area contributed by atoms with E-state index in [9.17, 15) is 4.79 Å². The fourth-order valence-electron chi connectivity index (χ4n) is 2.86. The Kier molecular flexibility index (Phi) is 4.38. The molecule has 22 heavy (non-hydrogen) atoms. The topological polar surface area (TPSA) is 53.9 Å². The number of likely N-dealkylation sites (tertiary alicyclic amines) is 1. The van der Waals surface area contributed by atoms with E-state index in [4.69, 9.17) is 12.2 Å². The summed E-state index contributed by atoms with van der Waals surface area (Å²) in [5.41, 5.74) is 2.19. The molecule has 6 heteroatoms. The SMILES string of the molecule is Cc1cccc(-c2n[nH]c(=S)n2CCC(=O)N2CCCC2)c1. The average molecular weight is 316 g/mol. The van der Waals surface area contributed by atoms with Crippen LogP contribution in [0.15, 0.2) is 24.3 Å². The van der Waals surface area contributed by atoms with Gasteiger partial charge < -0.3 is 4.90 Å². The van der Waals surface area contributed by atoms with Crippen LogP contribution in [0.4, 0.5) is 0 Å². The number of aromatic nitrogens is 3. The van der Waals surface area contributed by atoms with Crippen LogP contribution in [0.2, 0.25) is 0 Å². The van der Waals surface area contributed by atoms with Crippen molar-refractivity contribution >= 4 is 18.1 Å². The van der Waals surface area contributed by atoms with Gasteiger partial charge in [-0.05, 0) is 38.0 Å². The molecule has 0 bridgehead atoms. The Morgan fingerprint density at radius 2 is 2.14 bits per heavy atom. The van der Waals surface area contributed by atoms with Gasteiger partial charge >= 0.3 is 0 Å². The van der Waals surface area contributed by atoms with Crippen molar-refractivity contribution in [2.45, 2.75) is 32.7 Å².